The number of nitrogens with zero attached hydrogens (tertiary/aromatic N) is 3. The van der Waals surface area contributed by atoms with Gasteiger partial charge in [-0.15, -0.1) is 0 Å². The van der Waals surface area contributed by atoms with Crippen LogP contribution in [0, 0.1) is 0 Å². The standard InChI is InChI=1S/C13H19N3O4/c1-5-16-9-7-15(12(19)20-13(2,3)4)10(11(17)18)8(9)6-14-16/h6,10H,5,7H2,1-4H3,(H,17,18)/t10-/m0/s1. The predicted molar refractivity (Wildman–Crippen MR) is 70.1 cm³/mol. The molecule has 0 saturated carbocycles. The van der Waals surface area contributed by atoms with Crippen molar-refractivity contribution < 1.29 is 19.4 Å². The molecular formula is C13H19N3O4. The van der Waals surface area contributed by atoms with Gasteiger partial charge in [-0.1, -0.05) is 0 Å². The van der Waals surface area contributed by atoms with E-state index in [0.29, 0.717) is 12.1 Å². The van der Waals surface area contributed by atoms with Crippen LogP contribution in [-0.4, -0.2) is 37.5 Å². The normalized spacial score (nSPS) is 18.0. The smallest absolute Gasteiger partial charge is 0.411 e. The number of ether oxygens (including phenoxy) is 1. The highest BCUT2D eigenvalue weighted by Crippen LogP contribution is 2.34. The number of amides is 1. The molecule has 1 amide bonds. The SMILES string of the molecule is CCn1ncc2c1CN(C(=O)OC(C)(C)C)[C@@H]2C(=O)O. The van der Waals surface area contributed by atoms with Crippen molar-refractivity contribution in [2.75, 3.05) is 0 Å². The molecule has 2 rings (SSSR count). The summed E-state index contributed by atoms with van der Waals surface area (Å²) >= 11 is 0. The Labute approximate surface area is 117 Å². The van der Waals surface area contributed by atoms with Gasteiger partial charge >= 0.3 is 12.1 Å². The fourth-order valence-corrected chi connectivity index (χ4v) is 2.28. The summed E-state index contributed by atoms with van der Waals surface area (Å²) in [6.45, 7) is 7.99. The minimum atomic E-state index is -1.08. The number of hydrogen-bond acceptors (Lipinski definition) is 4. The topological polar surface area (TPSA) is 84.7 Å². The van der Waals surface area contributed by atoms with Crippen molar-refractivity contribution in [3.05, 3.63) is 17.5 Å². The van der Waals surface area contributed by atoms with Crippen LogP contribution >= 0.6 is 0 Å². The van der Waals surface area contributed by atoms with E-state index < -0.39 is 23.7 Å². The molecule has 0 unspecified atom stereocenters. The van der Waals surface area contributed by atoms with E-state index in [0.717, 1.165) is 5.69 Å². The first kappa shape index (κ1) is 14.4. The summed E-state index contributed by atoms with van der Waals surface area (Å²) in [5.74, 6) is -1.08. The van der Waals surface area contributed by atoms with Crippen molar-refractivity contribution in [1.82, 2.24) is 14.7 Å². The van der Waals surface area contributed by atoms with E-state index in [2.05, 4.69) is 5.10 Å². The van der Waals surface area contributed by atoms with Crippen molar-refractivity contribution in [2.45, 2.75) is 52.4 Å². The van der Waals surface area contributed by atoms with Crippen molar-refractivity contribution in [2.24, 2.45) is 0 Å². The zero-order valence-electron chi connectivity index (χ0n) is 12.1. The average molecular weight is 281 g/mol. The Hall–Kier alpha value is -2.05. The van der Waals surface area contributed by atoms with Crippen molar-refractivity contribution in [3.8, 4) is 0 Å². The fraction of sp³-hybridized carbons (Fsp3) is 0.615. The van der Waals surface area contributed by atoms with E-state index in [1.165, 1.54) is 11.1 Å². The molecule has 0 aromatic carbocycles. The van der Waals surface area contributed by atoms with E-state index in [-0.39, 0.29) is 6.54 Å². The lowest BCUT2D eigenvalue weighted by molar-refractivity contribution is -0.143. The minimum absolute atomic E-state index is 0.203. The minimum Gasteiger partial charge on any atom is -0.479 e. The first-order valence-electron chi connectivity index (χ1n) is 6.51. The molecule has 0 fully saturated rings. The van der Waals surface area contributed by atoms with Crippen LogP contribution in [0.25, 0.3) is 0 Å². The number of aryl methyl sites for hydroxylation is 1. The third kappa shape index (κ3) is 2.48. The monoisotopic (exact) mass is 281 g/mol. The highest BCUT2D eigenvalue weighted by Gasteiger charge is 2.42. The third-order valence-corrected chi connectivity index (χ3v) is 3.07. The maximum Gasteiger partial charge on any atom is 0.411 e. The first-order valence-corrected chi connectivity index (χ1v) is 6.51. The quantitative estimate of drug-likeness (QED) is 0.893. The molecule has 1 aliphatic heterocycles. The van der Waals surface area contributed by atoms with Gasteiger partial charge in [0.25, 0.3) is 0 Å². The number of aromatic nitrogens is 2. The van der Waals surface area contributed by atoms with Gasteiger partial charge in [0.15, 0.2) is 6.04 Å². The van der Waals surface area contributed by atoms with Crippen molar-refractivity contribution >= 4 is 12.1 Å². The van der Waals surface area contributed by atoms with E-state index in [1.54, 1.807) is 25.5 Å². The van der Waals surface area contributed by atoms with Gasteiger partial charge in [-0.05, 0) is 27.7 Å². The number of carbonyl (C=O) groups is 2. The molecule has 0 spiro atoms. The van der Waals surface area contributed by atoms with E-state index in [9.17, 15) is 14.7 Å². The molecule has 0 saturated heterocycles. The van der Waals surface area contributed by atoms with Crippen LogP contribution in [0.4, 0.5) is 4.79 Å². The summed E-state index contributed by atoms with van der Waals surface area (Å²) in [5, 5.41) is 13.5. The Balaban J connectivity index is 2.30. The summed E-state index contributed by atoms with van der Waals surface area (Å²) in [6.07, 6.45) is 0.894. The Kier molecular flexibility index (Phi) is 3.45. The van der Waals surface area contributed by atoms with Crippen molar-refractivity contribution in [1.29, 1.82) is 0 Å². The van der Waals surface area contributed by atoms with Crippen LogP contribution in [0.5, 0.6) is 0 Å². The number of carboxylic acids is 1. The molecule has 1 aromatic heterocycles. The van der Waals surface area contributed by atoms with Gasteiger partial charge in [0.2, 0.25) is 0 Å². The summed E-state index contributed by atoms with van der Waals surface area (Å²) in [4.78, 5) is 24.8. The van der Waals surface area contributed by atoms with Gasteiger partial charge in [0, 0.05) is 12.1 Å². The van der Waals surface area contributed by atoms with Gasteiger partial charge in [-0.3, -0.25) is 9.58 Å². The van der Waals surface area contributed by atoms with Crippen LogP contribution in [0.3, 0.4) is 0 Å². The van der Waals surface area contributed by atoms with Gasteiger partial charge < -0.3 is 9.84 Å². The highest BCUT2D eigenvalue weighted by atomic mass is 16.6. The summed E-state index contributed by atoms with van der Waals surface area (Å²) in [5.41, 5.74) is 0.655. The van der Waals surface area contributed by atoms with Crippen LogP contribution < -0.4 is 0 Å². The van der Waals surface area contributed by atoms with Crippen molar-refractivity contribution in [3.63, 3.8) is 0 Å². The largest absolute Gasteiger partial charge is 0.479 e. The Morgan fingerprint density at radius 2 is 2.15 bits per heavy atom. The molecule has 1 aliphatic rings. The molecule has 1 atom stereocenters. The molecule has 1 aromatic rings. The molecule has 7 heteroatoms. The molecule has 0 radical (unpaired) electrons. The zero-order chi connectivity index (χ0) is 15.1. The second-order valence-corrected chi connectivity index (χ2v) is 5.71. The lowest BCUT2D eigenvalue weighted by Crippen LogP contribution is -2.38. The molecule has 20 heavy (non-hydrogen) atoms. The summed E-state index contributed by atoms with van der Waals surface area (Å²) < 4.78 is 6.97. The maximum atomic E-state index is 12.2. The van der Waals surface area contributed by atoms with E-state index in [4.69, 9.17) is 4.74 Å². The molecule has 0 aliphatic carbocycles. The summed E-state index contributed by atoms with van der Waals surface area (Å²) in [6, 6.07) is -1.03. The van der Waals surface area contributed by atoms with Gasteiger partial charge in [-0.2, -0.15) is 5.10 Å². The molecule has 2 heterocycles. The molecule has 1 N–H and O–H groups in total. The van der Waals surface area contributed by atoms with Gasteiger partial charge in [-0.25, -0.2) is 9.59 Å². The number of rotatable bonds is 2. The van der Waals surface area contributed by atoms with Crippen LogP contribution in [-0.2, 0) is 22.6 Å². The Bertz CT molecular complexity index is 544. The van der Waals surface area contributed by atoms with Gasteiger partial charge in [0.1, 0.15) is 5.60 Å². The zero-order valence-corrected chi connectivity index (χ0v) is 12.1. The number of aliphatic carboxylic acids is 1. The number of carbonyl (C=O) groups excluding carboxylic acids is 1. The number of carboxylic acid groups (broad SMARTS) is 1. The lowest BCUT2D eigenvalue weighted by atomic mass is 10.1. The van der Waals surface area contributed by atoms with E-state index in [1.807, 2.05) is 6.92 Å². The number of hydrogen-bond donors (Lipinski definition) is 1. The number of fused-ring (bicyclic) bond motifs is 1. The van der Waals surface area contributed by atoms with Crippen LogP contribution in [0.2, 0.25) is 0 Å². The Morgan fingerprint density at radius 1 is 1.50 bits per heavy atom. The third-order valence-electron chi connectivity index (χ3n) is 3.07. The molecular weight excluding hydrogens is 262 g/mol. The van der Waals surface area contributed by atoms with Gasteiger partial charge in [0.05, 0.1) is 18.4 Å². The average Bonchev–Trinajstić information content (AvgIpc) is 2.82. The van der Waals surface area contributed by atoms with E-state index >= 15 is 0 Å². The maximum absolute atomic E-state index is 12.2. The summed E-state index contributed by atoms with van der Waals surface area (Å²) in [7, 11) is 0. The second-order valence-electron chi connectivity index (χ2n) is 5.71. The van der Waals surface area contributed by atoms with Crippen LogP contribution in [0.15, 0.2) is 6.20 Å². The lowest BCUT2D eigenvalue weighted by Gasteiger charge is -2.27. The second kappa shape index (κ2) is 4.81. The van der Waals surface area contributed by atoms with Crippen LogP contribution in [0.1, 0.15) is 45.0 Å². The molecule has 110 valence electrons. The Morgan fingerprint density at radius 3 is 2.65 bits per heavy atom. The first-order chi connectivity index (χ1) is 9.24. The predicted octanol–water partition coefficient (Wildman–Crippen LogP) is 1.78. The molecule has 7 nitrogen and oxygen atoms in total. The fourth-order valence-electron chi connectivity index (χ4n) is 2.28. The highest BCUT2D eigenvalue weighted by molar-refractivity contribution is 5.83. The molecule has 0 bridgehead atoms.